The Kier molecular flexibility index (Phi) is 4.96. The Morgan fingerprint density at radius 3 is 2.63 bits per heavy atom. The average Bonchev–Trinajstić information content (AvgIpc) is 3.13. The average molecular weight is 393 g/mol. The van der Waals surface area contributed by atoms with E-state index in [4.69, 9.17) is 4.52 Å². The number of aromatic amines is 1. The van der Waals surface area contributed by atoms with Crippen molar-refractivity contribution in [3.63, 3.8) is 0 Å². The topological polar surface area (TPSA) is 136 Å². The number of carboxylic acids is 1. The van der Waals surface area contributed by atoms with Gasteiger partial charge in [-0.2, -0.15) is 0 Å². The number of fused-ring (bicyclic) bond motifs is 1. The molecule has 3 aromatic rings. The lowest BCUT2D eigenvalue weighted by molar-refractivity contribution is -0.136. The van der Waals surface area contributed by atoms with Gasteiger partial charge in [-0.25, -0.2) is 9.78 Å². The van der Waals surface area contributed by atoms with Gasteiger partial charge >= 0.3 is 11.7 Å². The van der Waals surface area contributed by atoms with Gasteiger partial charge in [-0.05, 0) is 20.3 Å². The Labute approximate surface area is 157 Å². The number of imidazole rings is 1. The Hall–Kier alpha value is -2.82. The largest absolute Gasteiger partial charge is 0.480 e. The summed E-state index contributed by atoms with van der Waals surface area (Å²) in [5, 5.41) is 12.9. The molecule has 0 fully saturated rings. The fourth-order valence-corrected chi connectivity index (χ4v) is 3.72. The van der Waals surface area contributed by atoms with E-state index in [-0.39, 0.29) is 17.7 Å². The van der Waals surface area contributed by atoms with Gasteiger partial charge in [0.25, 0.3) is 5.56 Å². The number of nitrogens with zero attached hydrogens (tertiary/aromatic N) is 4. The molecule has 0 saturated heterocycles. The van der Waals surface area contributed by atoms with Crippen molar-refractivity contribution in [2.24, 2.45) is 7.05 Å². The number of aliphatic carboxylic acids is 1. The van der Waals surface area contributed by atoms with Gasteiger partial charge in [0.05, 0.1) is 12.2 Å². The van der Waals surface area contributed by atoms with Gasteiger partial charge in [0.2, 0.25) is 0 Å². The molecule has 10 nitrogen and oxygen atoms in total. The monoisotopic (exact) mass is 393 g/mol. The molecule has 0 spiro atoms. The second kappa shape index (κ2) is 7.06. The highest BCUT2D eigenvalue weighted by Gasteiger charge is 2.25. The molecule has 3 aromatic heterocycles. The van der Waals surface area contributed by atoms with Crippen molar-refractivity contribution in [2.75, 3.05) is 0 Å². The molecule has 144 valence electrons. The van der Waals surface area contributed by atoms with Crippen molar-refractivity contribution in [1.82, 2.24) is 24.3 Å². The zero-order valence-corrected chi connectivity index (χ0v) is 16.1. The van der Waals surface area contributed by atoms with Crippen LogP contribution in [0.2, 0.25) is 0 Å². The van der Waals surface area contributed by atoms with E-state index in [1.165, 1.54) is 11.6 Å². The van der Waals surface area contributed by atoms with Crippen LogP contribution in [0.1, 0.15) is 30.4 Å². The van der Waals surface area contributed by atoms with E-state index < -0.39 is 22.5 Å². The molecule has 0 aliphatic heterocycles. The number of hydrogen-bond acceptors (Lipinski definition) is 7. The van der Waals surface area contributed by atoms with Crippen molar-refractivity contribution in [3.8, 4) is 0 Å². The summed E-state index contributed by atoms with van der Waals surface area (Å²) in [6.45, 7) is 5.52. The predicted octanol–water partition coefficient (Wildman–Crippen LogP) is 1.03. The molecule has 1 unspecified atom stereocenters. The molecule has 0 aromatic carbocycles. The molecule has 0 saturated carbocycles. The third-order valence-electron chi connectivity index (χ3n) is 4.36. The van der Waals surface area contributed by atoms with Gasteiger partial charge in [-0.3, -0.25) is 19.1 Å². The number of carboxylic acid groups (broad SMARTS) is 1. The Morgan fingerprint density at radius 1 is 1.37 bits per heavy atom. The van der Waals surface area contributed by atoms with E-state index in [0.717, 1.165) is 17.3 Å². The number of rotatable bonds is 6. The minimum absolute atomic E-state index is 0.193. The van der Waals surface area contributed by atoms with Gasteiger partial charge < -0.3 is 14.2 Å². The number of aromatic nitrogens is 5. The molecule has 11 heteroatoms. The van der Waals surface area contributed by atoms with E-state index >= 15 is 0 Å². The fourth-order valence-electron chi connectivity index (χ4n) is 2.77. The van der Waals surface area contributed by atoms with Crippen LogP contribution in [0.5, 0.6) is 0 Å². The number of hydrogen-bond donors (Lipinski definition) is 2. The molecule has 0 amide bonds. The summed E-state index contributed by atoms with van der Waals surface area (Å²) >= 11 is 1.04. The highest BCUT2D eigenvalue weighted by Crippen LogP contribution is 2.29. The Balaban J connectivity index is 2.25. The predicted molar refractivity (Wildman–Crippen MR) is 98.2 cm³/mol. The molecule has 0 bridgehead atoms. The molecule has 0 aliphatic rings. The molecular weight excluding hydrogens is 374 g/mol. The number of nitrogens with one attached hydrogen (secondary N) is 1. The first-order valence-electron chi connectivity index (χ1n) is 8.25. The van der Waals surface area contributed by atoms with Gasteiger partial charge in [0, 0.05) is 12.6 Å². The molecule has 2 N–H and O–H groups in total. The highest BCUT2D eigenvalue weighted by molar-refractivity contribution is 8.00. The minimum Gasteiger partial charge on any atom is -0.480 e. The number of H-pyrrole nitrogens is 1. The second-order valence-electron chi connectivity index (χ2n) is 6.13. The summed E-state index contributed by atoms with van der Waals surface area (Å²) in [5.74, 6) is -0.377. The van der Waals surface area contributed by atoms with Crippen LogP contribution in [-0.4, -0.2) is 40.6 Å². The summed E-state index contributed by atoms with van der Waals surface area (Å²) in [6, 6.07) is 0. The lowest BCUT2D eigenvalue weighted by Gasteiger charge is -2.11. The van der Waals surface area contributed by atoms with Crippen molar-refractivity contribution in [1.29, 1.82) is 0 Å². The lowest BCUT2D eigenvalue weighted by Crippen LogP contribution is -2.29. The molecule has 3 rings (SSSR count). The summed E-state index contributed by atoms with van der Waals surface area (Å²) in [6.07, 6.45) is 0.379. The van der Waals surface area contributed by atoms with Crippen LogP contribution < -0.4 is 11.2 Å². The zero-order valence-electron chi connectivity index (χ0n) is 15.3. The molecular formula is C16H19N5O5S. The first-order chi connectivity index (χ1) is 12.7. The lowest BCUT2D eigenvalue weighted by atomic mass is 10.2. The second-order valence-corrected chi connectivity index (χ2v) is 7.30. The van der Waals surface area contributed by atoms with Gasteiger partial charge in [-0.15, -0.1) is 0 Å². The summed E-state index contributed by atoms with van der Waals surface area (Å²) in [7, 11) is 1.50. The van der Waals surface area contributed by atoms with Crippen LogP contribution in [0.25, 0.3) is 11.2 Å². The maximum Gasteiger partial charge on any atom is 0.329 e. The zero-order chi connectivity index (χ0) is 19.9. The van der Waals surface area contributed by atoms with Gasteiger partial charge in [-0.1, -0.05) is 23.8 Å². The van der Waals surface area contributed by atoms with Crippen molar-refractivity contribution >= 4 is 28.9 Å². The number of aryl methyl sites for hydroxylation is 3. The number of thioether (sulfide) groups is 1. The van der Waals surface area contributed by atoms with E-state index in [2.05, 4.69) is 15.1 Å². The quantitative estimate of drug-likeness (QED) is 0.593. The fraction of sp³-hybridized carbons (Fsp3) is 0.438. The van der Waals surface area contributed by atoms with Gasteiger partial charge in [0.1, 0.15) is 11.0 Å². The standard InChI is InChI=1S/C16H19N5O5S/c1-5-10(14(23)24)27-16-17-12-11(13(22)18-15(25)20(12)4)21(16)6-9-7(2)19-26-8(9)3/h10H,5-6H2,1-4H3,(H,23,24)(H,18,22,25). The third kappa shape index (κ3) is 3.29. The van der Waals surface area contributed by atoms with Crippen molar-refractivity contribution in [3.05, 3.63) is 37.9 Å². The smallest absolute Gasteiger partial charge is 0.329 e. The highest BCUT2D eigenvalue weighted by atomic mass is 32.2. The molecule has 27 heavy (non-hydrogen) atoms. The van der Waals surface area contributed by atoms with Crippen LogP contribution >= 0.6 is 11.8 Å². The summed E-state index contributed by atoms with van der Waals surface area (Å²) in [4.78, 5) is 42.5. The minimum atomic E-state index is -0.971. The Morgan fingerprint density at radius 2 is 2.07 bits per heavy atom. The van der Waals surface area contributed by atoms with E-state index in [0.29, 0.717) is 23.0 Å². The molecule has 3 heterocycles. The third-order valence-corrected chi connectivity index (χ3v) is 5.71. The number of carbonyl (C=O) groups is 1. The summed E-state index contributed by atoms with van der Waals surface area (Å²) < 4.78 is 8.02. The van der Waals surface area contributed by atoms with Gasteiger partial charge in [0.15, 0.2) is 16.3 Å². The van der Waals surface area contributed by atoms with Crippen LogP contribution in [0.4, 0.5) is 0 Å². The summed E-state index contributed by atoms with van der Waals surface area (Å²) in [5.41, 5.74) is 0.654. The molecule has 1 atom stereocenters. The maximum absolute atomic E-state index is 12.5. The van der Waals surface area contributed by atoms with Crippen LogP contribution in [0.15, 0.2) is 19.3 Å². The first-order valence-corrected chi connectivity index (χ1v) is 9.13. The maximum atomic E-state index is 12.5. The normalized spacial score (nSPS) is 12.6. The van der Waals surface area contributed by atoms with E-state index in [1.54, 1.807) is 25.3 Å². The Bertz CT molecular complexity index is 1120. The van der Waals surface area contributed by atoms with Crippen LogP contribution in [0, 0.1) is 13.8 Å². The molecule has 0 aliphatic carbocycles. The van der Waals surface area contributed by atoms with Crippen LogP contribution in [-0.2, 0) is 18.4 Å². The van der Waals surface area contributed by atoms with Crippen LogP contribution in [0.3, 0.4) is 0 Å². The van der Waals surface area contributed by atoms with E-state index in [1.807, 2.05) is 0 Å². The first kappa shape index (κ1) is 19.0. The molecule has 0 radical (unpaired) electrons. The SMILES string of the molecule is CCC(Sc1nc2c(c(=O)[nH]c(=O)n2C)n1Cc1c(C)noc1C)C(=O)O. The van der Waals surface area contributed by atoms with Crippen molar-refractivity contribution in [2.45, 2.75) is 44.1 Å². The van der Waals surface area contributed by atoms with Crippen molar-refractivity contribution < 1.29 is 14.4 Å². The van der Waals surface area contributed by atoms with E-state index in [9.17, 15) is 19.5 Å².